The molecule has 242 valence electrons. The molecule has 1 aliphatic rings. The fraction of sp³-hybridized carbons (Fsp3) is 0.278. The maximum absolute atomic E-state index is 14.4. The molecule has 9 nitrogen and oxygen atoms in total. The molecule has 47 heavy (non-hydrogen) atoms. The lowest BCUT2D eigenvalue weighted by Crippen LogP contribution is -2.40. The summed E-state index contributed by atoms with van der Waals surface area (Å²) in [7, 11) is 3.00. The number of fused-ring (bicyclic) bond motifs is 2. The minimum Gasteiger partial charge on any atom is -0.496 e. The van der Waals surface area contributed by atoms with E-state index in [9.17, 15) is 14.4 Å². The van der Waals surface area contributed by atoms with Crippen LogP contribution in [0.15, 0.2) is 63.5 Å². The van der Waals surface area contributed by atoms with E-state index in [1.165, 1.54) is 29.8 Å². The highest BCUT2D eigenvalue weighted by Gasteiger charge is 2.34. The van der Waals surface area contributed by atoms with E-state index in [1.54, 1.807) is 25.5 Å². The molecular weight excluding hydrogens is 635 g/mol. The van der Waals surface area contributed by atoms with Crippen LogP contribution in [0, 0.1) is 27.7 Å². The van der Waals surface area contributed by atoms with Crippen molar-refractivity contribution in [3.63, 3.8) is 0 Å². The smallest absolute Gasteiger partial charge is 0.341 e. The van der Waals surface area contributed by atoms with Gasteiger partial charge in [0.2, 0.25) is 0 Å². The molecule has 0 radical (unpaired) electrons. The molecule has 5 aromatic rings. The molecule has 0 amide bonds. The van der Waals surface area contributed by atoms with Gasteiger partial charge in [0.1, 0.15) is 10.8 Å². The van der Waals surface area contributed by atoms with Gasteiger partial charge in [0.05, 0.1) is 48.2 Å². The van der Waals surface area contributed by atoms with Crippen LogP contribution in [0.4, 0.5) is 0 Å². The molecule has 11 heteroatoms. The fourth-order valence-electron chi connectivity index (χ4n) is 6.29. The highest BCUT2D eigenvalue weighted by atomic mass is 32.1. The second-order valence-electron chi connectivity index (χ2n) is 11.3. The average Bonchev–Trinajstić information content (AvgIpc) is 3.63. The number of carbonyl (C=O) groups excluding carboxylic acids is 2. The van der Waals surface area contributed by atoms with Gasteiger partial charge >= 0.3 is 11.9 Å². The van der Waals surface area contributed by atoms with Crippen molar-refractivity contribution in [2.75, 3.05) is 20.8 Å². The lowest BCUT2D eigenvalue weighted by molar-refractivity contribution is -0.139. The van der Waals surface area contributed by atoms with E-state index in [4.69, 9.17) is 19.2 Å². The zero-order chi connectivity index (χ0) is 33.7. The summed E-state index contributed by atoms with van der Waals surface area (Å²) in [4.78, 5) is 47.0. The predicted octanol–water partition coefficient (Wildman–Crippen LogP) is 5.83. The lowest BCUT2D eigenvalue weighted by Gasteiger charge is -2.26. The number of thiazole rings is 1. The summed E-state index contributed by atoms with van der Waals surface area (Å²) in [5.74, 6) is -0.209. The van der Waals surface area contributed by atoms with Crippen molar-refractivity contribution in [3.05, 3.63) is 112 Å². The van der Waals surface area contributed by atoms with Gasteiger partial charge in [-0.05, 0) is 81.8 Å². The molecule has 3 aromatic heterocycles. The maximum Gasteiger partial charge on any atom is 0.341 e. The van der Waals surface area contributed by atoms with E-state index in [2.05, 4.69) is 0 Å². The van der Waals surface area contributed by atoms with Crippen LogP contribution in [0.25, 0.3) is 21.8 Å². The molecule has 0 fully saturated rings. The number of aromatic nitrogens is 2. The Morgan fingerprint density at radius 2 is 1.70 bits per heavy atom. The number of thiophene rings is 1. The second kappa shape index (κ2) is 12.5. The van der Waals surface area contributed by atoms with Crippen molar-refractivity contribution in [3.8, 4) is 10.8 Å². The van der Waals surface area contributed by atoms with Crippen LogP contribution in [-0.2, 0) is 14.3 Å². The normalized spacial score (nSPS) is 14.7. The number of aryl methyl sites for hydroxylation is 2. The van der Waals surface area contributed by atoms with E-state index in [-0.39, 0.29) is 18.1 Å². The van der Waals surface area contributed by atoms with Gasteiger partial charge in [-0.25, -0.2) is 14.6 Å². The largest absolute Gasteiger partial charge is 0.496 e. The molecule has 0 saturated carbocycles. The van der Waals surface area contributed by atoms with Crippen LogP contribution < -0.4 is 19.6 Å². The maximum atomic E-state index is 14.4. The molecule has 2 aromatic carbocycles. The highest BCUT2D eigenvalue weighted by Crippen LogP contribution is 2.38. The third-order valence-electron chi connectivity index (χ3n) is 8.67. The average molecular weight is 670 g/mol. The monoisotopic (exact) mass is 669 g/mol. The summed E-state index contributed by atoms with van der Waals surface area (Å²) < 4.78 is 20.4. The Morgan fingerprint density at radius 3 is 2.38 bits per heavy atom. The van der Waals surface area contributed by atoms with Gasteiger partial charge in [0, 0.05) is 21.7 Å². The Bertz CT molecular complexity index is 2320. The highest BCUT2D eigenvalue weighted by molar-refractivity contribution is 7.15. The minimum atomic E-state index is -0.768. The quantitative estimate of drug-likeness (QED) is 0.202. The molecular formula is C36H35N3O6S2. The van der Waals surface area contributed by atoms with Crippen molar-refractivity contribution in [1.29, 1.82) is 0 Å². The van der Waals surface area contributed by atoms with Gasteiger partial charge in [-0.15, -0.1) is 11.3 Å². The summed E-state index contributed by atoms with van der Waals surface area (Å²) in [6, 6.07) is 12.8. The first-order chi connectivity index (χ1) is 22.5. The second-order valence-corrected chi connectivity index (χ2v) is 13.5. The predicted molar refractivity (Wildman–Crippen MR) is 185 cm³/mol. The topological polar surface area (TPSA) is 101 Å². The summed E-state index contributed by atoms with van der Waals surface area (Å²) in [6.07, 6.45) is 1.86. The molecule has 0 spiro atoms. The number of hydrogen-bond acceptors (Lipinski definition) is 9. The number of esters is 2. The van der Waals surface area contributed by atoms with Gasteiger partial charge in [-0.1, -0.05) is 41.7 Å². The Labute approximate surface area is 279 Å². The Hall–Kier alpha value is -4.74. The van der Waals surface area contributed by atoms with Gasteiger partial charge in [-0.2, -0.15) is 0 Å². The third kappa shape index (κ3) is 5.23. The Balaban J connectivity index is 1.58. The van der Waals surface area contributed by atoms with E-state index >= 15 is 0 Å². The van der Waals surface area contributed by atoms with Crippen molar-refractivity contribution in [1.82, 2.24) is 9.13 Å². The first-order valence-corrected chi connectivity index (χ1v) is 16.8. The van der Waals surface area contributed by atoms with E-state index in [0.29, 0.717) is 31.9 Å². The van der Waals surface area contributed by atoms with Crippen molar-refractivity contribution in [2.24, 2.45) is 4.99 Å². The van der Waals surface area contributed by atoms with E-state index in [0.717, 1.165) is 48.7 Å². The number of ether oxygens (including phenoxy) is 3. The van der Waals surface area contributed by atoms with Crippen molar-refractivity contribution in [2.45, 2.75) is 47.6 Å². The van der Waals surface area contributed by atoms with Crippen LogP contribution in [0.2, 0.25) is 0 Å². The van der Waals surface area contributed by atoms with Gasteiger partial charge in [0.15, 0.2) is 4.80 Å². The first-order valence-electron chi connectivity index (χ1n) is 15.1. The zero-order valence-corrected chi connectivity index (χ0v) is 29.1. The van der Waals surface area contributed by atoms with E-state index in [1.807, 2.05) is 80.8 Å². The number of benzene rings is 2. The SMILES string of the molecule is CCOC(=O)C1=C(C)N=c2s/c(=C\c3cc(C)n(-c4sc(C)c(C)c4C(=O)OC)c3C)c(=O)n2[C@H]1c1ccc(OC)c2ccccc12. The molecule has 0 bridgehead atoms. The Kier molecular flexibility index (Phi) is 8.54. The lowest BCUT2D eigenvalue weighted by atomic mass is 9.91. The van der Waals surface area contributed by atoms with Gasteiger partial charge in [0.25, 0.3) is 5.56 Å². The first kappa shape index (κ1) is 32.2. The van der Waals surface area contributed by atoms with Crippen LogP contribution in [0.1, 0.15) is 63.2 Å². The number of allylic oxidation sites excluding steroid dienone is 1. The number of methoxy groups -OCH3 is 2. The molecule has 0 saturated heterocycles. The van der Waals surface area contributed by atoms with Crippen molar-refractivity contribution >= 4 is 51.5 Å². The molecule has 0 unspecified atom stereocenters. The molecule has 6 rings (SSSR count). The summed E-state index contributed by atoms with van der Waals surface area (Å²) in [6.45, 7) is 11.6. The van der Waals surface area contributed by atoms with Gasteiger partial charge < -0.3 is 18.8 Å². The number of rotatable bonds is 7. The van der Waals surface area contributed by atoms with Gasteiger partial charge in [-0.3, -0.25) is 9.36 Å². The van der Waals surface area contributed by atoms with Crippen LogP contribution in [0.3, 0.4) is 0 Å². The molecule has 1 aliphatic heterocycles. The van der Waals surface area contributed by atoms with Crippen LogP contribution in [-0.4, -0.2) is 41.9 Å². The Morgan fingerprint density at radius 1 is 0.979 bits per heavy atom. The number of hydrogen-bond donors (Lipinski definition) is 0. The minimum absolute atomic E-state index is 0.187. The standard InChI is InChI=1S/C36H35N3O6S2/c1-9-45-35(42)30-20(4)37-36-39(31(30)26-14-15-27(43-7)25-13-11-10-12-24(25)26)32(40)28(47-36)17-23-16-18(2)38(21(23)5)33-29(34(41)44-8)19(3)22(6)46-33/h10-17,31H,9H2,1-8H3/b28-17-/t31-/m0/s1. The molecule has 0 N–H and O–H groups in total. The summed E-state index contributed by atoms with van der Waals surface area (Å²) in [5, 5.41) is 2.50. The molecule has 0 aliphatic carbocycles. The number of carbonyl (C=O) groups is 2. The van der Waals surface area contributed by atoms with Crippen molar-refractivity contribution < 1.29 is 23.8 Å². The summed E-state index contributed by atoms with van der Waals surface area (Å²) >= 11 is 2.80. The third-order valence-corrected chi connectivity index (χ3v) is 10.8. The summed E-state index contributed by atoms with van der Waals surface area (Å²) in [5.41, 5.74) is 5.36. The number of nitrogens with zero attached hydrogens (tertiary/aromatic N) is 3. The fourth-order valence-corrected chi connectivity index (χ4v) is 8.59. The van der Waals surface area contributed by atoms with Crippen LogP contribution >= 0.6 is 22.7 Å². The molecule has 1 atom stereocenters. The zero-order valence-electron chi connectivity index (χ0n) is 27.5. The van der Waals surface area contributed by atoms with Crippen LogP contribution in [0.5, 0.6) is 5.75 Å². The van der Waals surface area contributed by atoms with E-state index < -0.39 is 12.0 Å². The molecule has 4 heterocycles.